The smallest absolute Gasteiger partial charge is 0.260 e. The molecule has 0 N–H and O–H groups in total. The second-order valence-electron chi connectivity index (χ2n) is 6.13. The number of amides is 1. The van der Waals surface area contributed by atoms with Crippen LogP contribution in [0, 0.1) is 0 Å². The van der Waals surface area contributed by atoms with E-state index in [0.29, 0.717) is 36.2 Å². The summed E-state index contributed by atoms with van der Waals surface area (Å²) >= 11 is 0. The highest BCUT2D eigenvalue weighted by atomic mass is 16.5. The monoisotopic (exact) mass is 366 g/mol. The van der Waals surface area contributed by atoms with Gasteiger partial charge in [-0.05, 0) is 36.4 Å². The molecule has 27 heavy (non-hydrogen) atoms. The number of benzene rings is 1. The maximum atomic E-state index is 12.2. The Morgan fingerprint density at radius 1 is 1.19 bits per heavy atom. The Bertz CT molecular complexity index is 905. The molecule has 0 spiro atoms. The van der Waals surface area contributed by atoms with Gasteiger partial charge >= 0.3 is 0 Å². The Balaban J connectivity index is 1.27. The van der Waals surface area contributed by atoms with Crippen LogP contribution in [0.5, 0.6) is 11.5 Å². The molecule has 1 aliphatic rings. The molecular weight excluding hydrogens is 348 g/mol. The van der Waals surface area contributed by atoms with E-state index in [4.69, 9.17) is 14.0 Å². The third kappa shape index (κ3) is 3.74. The van der Waals surface area contributed by atoms with Gasteiger partial charge in [0.15, 0.2) is 6.61 Å². The molecule has 138 valence electrons. The van der Waals surface area contributed by atoms with Gasteiger partial charge in [-0.25, -0.2) is 0 Å². The number of hydrogen-bond acceptors (Lipinski definition) is 7. The molecule has 1 saturated heterocycles. The van der Waals surface area contributed by atoms with Gasteiger partial charge in [0, 0.05) is 19.3 Å². The van der Waals surface area contributed by atoms with Crippen LogP contribution in [0.15, 0.2) is 53.2 Å². The van der Waals surface area contributed by atoms with Crippen molar-refractivity contribution < 1.29 is 18.8 Å². The summed E-state index contributed by atoms with van der Waals surface area (Å²) < 4.78 is 15.9. The van der Waals surface area contributed by atoms with Crippen molar-refractivity contribution in [1.29, 1.82) is 0 Å². The van der Waals surface area contributed by atoms with E-state index in [1.807, 2.05) is 18.2 Å². The summed E-state index contributed by atoms with van der Waals surface area (Å²) in [5, 5.41) is 3.96. The van der Waals surface area contributed by atoms with Crippen molar-refractivity contribution in [3.63, 3.8) is 0 Å². The summed E-state index contributed by atoms with van der Waals surface area (Å²) in [5.41, 5.74) is 0.660. The molecule has 0 atom stereocenters. The molecule has 0 radical (unpaired) electrons. The zero-order valence-electron chi connectivity index (χ0n) is 14.7. The number of methoxy groups -OCH3 is 1. The van der Waals surface area contributed by atoms with Crippen LogP contribution in [0.2, 0.25) is 0 Å². The number of hydrogen-bond donors (Lipinski definition) is 0. The SMILES string of the molecule is COc1ccc(OCC(=O)N2CC(c3nc(-c4ccccn4)no3)C2)cc1. The summed E-state index contributed by atoms with van der Waals surface area (Å²) in [6.45, 7) is 1.06. The van der Waals surface area contributed by atoms with Gasteiger partial charge in [0.1, 0.15) is 17.2 Å². The summed E-state index contributed by atoms with van der Waals surface area (Å²) in [5.74, 6) is 2.31. The van der Waals surface area contributed by atoms with Crippen LogP contribution in [0.4, 0.5) is 0 Å². The number of carbonyl (C=O) groups is 1. The molecule has 0 bridgehead atoms. The zero-order chi connectivity index (χ0) is 18.6. The molecule has 0 aliphatic carbocycles. The van der Waals surface area contributed by atoms with Gasteiger partial charge in [0.2, 0.25) is 11.7 Å². The first-order valence-corrected chi connectivity index (χ1v) is 8.52. The maximum absolute atomic E-state index is 12.2. The van der Waals surface area contributed by atoms with Crippen molar-refractivity contribution in [3.05, 3.63) is 54.6 Å². The van der Waals surface area contributed by atoms with Crippen LogP contribution in [0.1, 0.15) is 11.8 Å². The highest BCUT2D eigenvalue weighted by molar-refractivity contribution is 5.78. The molecule has 3 heterocycles. The second-order valence-corrected chi connectivity index (χ2v) is 6.13. The standard InChI is InChI=1S/C19H18N4O4/c1-25-14-5-7-15(8-6-14)26-12-17(24)23-10-13(11-23)19-21-18(22-27-19)16-4-2-3-9-20-16/h2-9,13H,10-12H2,1H3. The van der Waals surface area contributed by atoms with E-state index in [2.05, 4.69) is 15.1 Å². The Hall–Kier alpha value is -3.42. The molecule has 8 heteroatoms. The Morgan fingerprint density at radius 2 is 1.96 bits per heavy atom. The van der Waals surface area contributed by atoms with E-state index in [9.17, 15) is 4.79 Å². The number of likely N-dealkylation sites (tertiary alicyclic amines) is 1. The van der Waals surface area contributed by atoms with Crippen LogP contribution >= 0.6 is 0 Å². The fourth-order valence-corrected chi connectivity index (χ4v) is 2.75. The number of carbonyl (C=O) groups excluding carboxylic acids is 1. The second kappa shape index (κ2) is 7.45. The highest BCUT2D eigenvalue weighted by Gasteiger charge is 2.35. The first-order valence-electron chi connectivity index (χ1n) is 8.52. The fraction of sp³-hybridized carbons (Fsp3) is 0.263. The number of aromatic nitrogens is 3. The lowest BCUT2D eigenvalue weighted by atomic mass is 10.0. The maximum Gasteiger partial charge on any atom is 0.260 e. The third-order valence-electron chi connectivity index (χ3n) is 4.34. The molecule has 4 rings (SSSR count). The quantitative estimate of drug-likeness (QED) is 0.660. The summed E-state index contributed by atoms with van der Waals surface area (Å²) in [6, 6.07) is 12.6. The lowest BCUT2D eigenvalue weighted by molar-refractivity contribution is -0.138. The first kappa shape index (κ1) is 17.0. The van der Waals surface area contributed by atoms with Gasteiger partial charge in [0.25, 0.3) is 5.91 Å². The normalized spacial score (nSPS) is 13.9. The fourth-order valence-electron chi connectivity index (χ4n) is 2.75. The van der Waals surface area contributed by atoms with Crippen LogP contribution in [0.3, 0.4) is 0 Å². The van der Waals surface area contributed by atoms with Crippen molar-refractivity contribution in [1.82, 2.24) is 20.0 Å². The average Bonchev–Trinajstić information content (AvgIpc) is 3.16. The van der Waals surface area contributed by atoms with E-state index in [0.717, 1.165) is 5.75 Å². The molecule has 8 nitrogen and oxygen atoms in total. The van der Waals surface area contributed by atoms with Crippen LogP contribution in [0.25, 0.3) is 11.5 Å². The minimum atomic E-state index is -0.0773. The van der Waals surface area contributed by atoms with E-state index in [1.165, 1.54) is 0 Å². The van der Waals surface area contributed by atoms with Crippen molar-refractivity contribution in [2.75, 3.05) is 26.8 Å². The average molecular weight is 366 g/mol. The Labute approximate surface area is 155 Å². The largest absolute Gasteiger partial charge is 0.497 e. The molecule has 1 fully saturated rings. The topological polar surface area (TPSA) is 90.6 Å². The number of rotatable bonds is 6. The third-order valence-corrected chi connectivity index (χ3v) is 4.34. The van der Waals surface area contributed by atoms with Crippen LogP contribution in [-0.4, -0.2) is 52.7 Å². The molecule has 0 unspecified atom stereocenters. The predicted octanol–water partition coefficient (Wildman–Crippen LogP) is 2.14. The number of nitrogens with zero attached hydrogens (tertiary/aromatic N) is 4. The number of ether oxygens (including phenoxy) is 2. The van der Waals surface area contributed by atoms with Gasteiger partial charge < -0.3 is 18.9 Å². The van der Waals surface area contributed by atoms with E-state index in [1.54, 1.807) is 42.5 Å². The van der Waals surface area contributed by atoms with Crippen LogP contribution in [-0.2, 0) is 4.79 Å². The summed E-state index contributed by atoms with van der Waals surface area (Å²) in [6.07, 6.45) is 1.68. The molecule has 3 aromatic rings. The zero-order valence-corrected chi connectivity index (χ0v) is 14.7. The van der Waals surface area contributed by atoms with Crippen LogP contribution < -0.4 is 9.47 Å². The first-order chi connectivity index (χ1) is 13.2. The predicted molar refractivity (Wildman–Crippen MR) is 95.3 cm³/mol. The van der Waals surface area contributed by atoms with Gasteiger partial charge in [0.05, 0.1) is 13.0 Å². The highest BCUT2D eigenvalue weighted by Crippen LogP contribution is 2.27. The molecule has 1 aromatic carbocycles. The summed E-state index contributed by atoms with van der Waals surface area (Å²) in [4.78, 5) is 22.5. The van der Waals surface area contributed by atoms with Crippen molar-refractivity contribution in [2.45, 2.75) is 5.92 Å². The number of pyridine rings is 1. The van der Waals surface area contributed by atoms with Crippen molar-refractivity contribution in [3.8, 4) is 23.0 Å². The molecule has 2 aromatic heterocycles. The van der Waals surface area contributed by atoms with Gasteiger partial charge in [-0.1, -0.05) is 11.2 Å². The molecule has 1 amide bonds. The molecular formula is C19H18N4O4. The van der Waals surface area contributed by atoms with E-state index < -0.39 is 0 Å². The van der Waals surface area contributed by atoms with Crippen molar-refractivity contribution in [2.24, 2.45) is 0 Å². The van der Waals surface area contributed by atoms with Gasteiger partial charge in [-0.15, -0.1) is 0 Å². The Morgan fingerprint density at radius 3 is 2.67 bits per heavy atom. The Kier molecular flexibility index (Phi) is 4.69. The summed E-state index contributed by atoms with van der Waals surface area (Å²) in [7, 11) is 1.60. The van der Waals surface area contributed by atoms with E-state index >= 15 is 0 Å². The lowest BCUT2D eigenvalue weighted by Gasteiger charge is -2.36. The van der Waals surface area contributed by atoms with E-state index in [-0.39, 0.29) is 18.4 Å². The molecule has 1 aliphatic heterocycles. The molecule has 0 saturated carbocycles. The lowest BCUT2D eigenvalue weighted by Crippen LogP contribution is -2.50. The minimum absolute atomic E-state index is 0.0118. The van der Waals surface area contributed by atoms with Crippen molar-refractivity contribution >= 4 is 5.91 Å². The van der Waals surface area contributed by atoms with Gasteiger partial charge in [-0.2, -0.15) is 4.98 Å². The minimum Gasteiger partial charge on any atom is -0.497 e. The van der Waals surface area contributed by atoms with Gasteiger partial charge in [-0.3, -0.25) is 9.78 Å².